The third-order valence-electron chi connectivity index (χ3n) is 13.4. The number of carboxylic acids is 1. The normalized spacial score (nSPS) is 11.9. The molecule has 1 fully saturated rings. The number of aryl methyl sites for hydroxylation is 4. The van der Waals surface area contributed by atoms with E-state index in [0.29, 0.717) is 68.5 Å². The van der Waals surface area contributed by atoms with Crippen LogP contribution in [-0.2, 0) is 101 Å². The molecule has 0 spiro atoms. The summed E-state index contributed by atoms with van der Waals surface area (Å²) in [4.78, 5) is 54.5. The zero-order valence-corrected chi connectivity index (χ0v) is 70.0. The topological polar surface area (TPSA) is 336 Å². The predicted octanol–water partition coefficient (Wildman–Crippen LogP) is 12.5. The number of aliphatic hydroxyl groups is 2. The molecule has 0 amide bonds. The number of phenolic OH excluding ortho intramolecular Hbond substituents is 1. The van der Waals surface area contributed by atoms with Crippen LogP contribution >= 0.6 is 0 Å². The molecule has 3 atom stereocenters. The molecular formula is C74H73F7Ir4N14O11-6. The molecule has 110 heavy (non-hydrogen) atoms. The Bertz CT molecular complexity index is 4090. The van der Waals surface area contributed by atoms with Crippen molar-refractivity contribution in [3.05, 3.63) is 233 Å². The van der Waals surface area contributed by atoms with E-state index in [0.717, 1.165) is 47.7 Å². The van der Waals surface area contributed by atoms with Gasteiger partial charge in [0.05, 0.1) is 56.9 Å². The second-order valence-electron chi connectivity index (χ2n) is 21.3. The van der Waals surface area contributed by atoms with Gasteiger partial charge in [-0.2, -0.15) is 13.2 Å². The molecule has 0 saturated carbocycles. The maximum Gasteiger partial charge on any atom is 0.429 e. The SMILES string of the molecule is CN=Cc1ccccc1O.COC(O)CC(O)OC.COc1nc(C)cnc1-c1[c-]cc(F)cc1.COc1nc(C)cnc1-c1[c-]cc(F)cc1.COc1nc(C)cnc1-c1[c-]cc(F)cc1.COc1nc(C)cnc1-c1[c-]cc(F)cc1.FC(F)(F)c1n[n-]c(-c2ccccn2)n1.O=C(O)C1CCC[N-]1.[Ir].[Ir].[Ir].[Ir]. The minimum atomic E-state index is -4.57. The van der Waals surface area contributed by atoms with Crippen LogP contribution in [0.25, 0.3) is 61.9 Å². The number of carbonyl (C=O) groups is 1. The fourth-order valence-corrected chi connectivity index (χ4v) is 8.23. The number of aliphatic carboxylic acids is 1. The van der Waals surface area contributed by atoms with Crippen molar-refractivity contribution >= 4 is 12.2 Å². The van der Waals surface area contributed by atoms with Gasteiger partial charge in [-0.25, -0.2) is 19.9 Å². The van der Waals surface area contributed by atoms with Crippen molar-refractivity contribution in [2.75, 3.05) is 56.3 Å². The van der Waals surface area contributed by atoms with Gasteiger partial charge in [0, 0.05) is 197 Å². The van der Waals surface area contributed by atoms with Gasteiger partial charge >= 0.3 is 6.18 Å². The van der Waals surface area contributed by atoms with Crippen LogP contribution in [0.5, 0.6) is 29.3 Å². The van der Waals surface area contributed by atoms with E-state index >= 15 is 0 Å². The summed E-state index contributed by atoms with van der Waals surface area (Å²) in [6, 6.07) is 39.5. The van der Waals surface area contributed by atoms with Crippen molar-refractivity contribution in [1.29, 1.82) is 0 Å². The van der Waals surface area contributed by atoms with Crippen LogP contribution in [0.3, 0.4) is 0 Å². The number of alkyl halides is 3. The average molecular weight is 2240 g/mol. The Kier molecular flexibility index (Phi) is 46.7. The van der Waals surface area contributed by atoms with Crippen molar-refractivity contribution in [2.24, 2.45) is 4.99 Å². The number of halogens is 7. The molecule has 36 heteroatoms. The first-order valence-corrected chi connectivity index (χ1v) is 31.3. The first-order chi connectivity index (χ1) is 50.7. The summed E-state index contributed by atoms with van der Waals surface area (Å²) >= 11 is 0. The molecule has 5 aromatic carbocycles. The van der Waals surface area contributed by atoms with Crippen molar-refractivity contribution in [2.45, 2.75) is 71.8 Å². The number of benzene rings is 5. The molecule has 1 saturated heterocycles. The van der Waals surface area contributed by atoms with E-state index in [-0.39, 0.29) is 127 Å². The summed E-state index contributed by atoms with van der Waals surface area (Å²) in [6.07, 6.45) is 4.89. The van der Waals surface area contributed by atoms with Gasteiger partial charge in [-0.15, -0.1) is 126 Å². The maximum atomic E-state index is 12.8. The Morgan fingerprint density at radius 3 is 1.17 bits per heavy atom. The fraction of sp³-hybridized carbons (Fsp3) is 0.257. The first-order valence-electron chi connectivity index (χ1n) is 31.3. The number of aromatic hydroxyl groups is 1. The average Bonchev–Trinajstić information content (AvgIpc) is 1.38. The van der Waals surface area contributed by atoms with Crippen LogP contribution in [0.15, 0.2) is 151 Å². The molecule has 25 nitrogen and oxygen atoms in total. The van der Waals surface area contributed by atoms with Gasteiger partial charge in [-0.05, 0) is 63.8 Å². The van der Waals surface area contributed by atoms with Crippen LogP contribution < -0.4 is 24.0 Å². The molecule has 596 valence electrons. The quantitative estimate of drug-likeness (QED) is 0.0320. The van der Waals surface area contributed by atoms with E-state index in [9.17, 15) is 35.5 Å². The fourth-order valence-electron chi connectivity index (χ4n) is 8.23. The Labute approximate surface area is 684 Å². The number of hydrogen-bond acceptors (Lipinski definition) is 22. The van der Waals surface area contributed by atoms with Crippen LogP contribution in [0.1, 0.15) is 53.4 Å². The smallest absolute Gasteiger partial charge is 0.429 e. The van der Waals surface area contributed by atoms with Crippen molar-refractivity contribution < 1.29 is 165 Å². The van der Waals surface area contributed by atoms with Crippen molar-refractivity contribution in [1.82, 2.24) is 60.0 Å². The van der Waals surface area contributed by atoms with E-state index in [2.05, 4.69) is 104 Å². The number of pyridine rings is 1. The molecule has 1 aliphatic heterocycles. The molecule has 11 aromatic rings. The molecule has 0 aliphatic carbocycles. The maximum absolute atomic E-state index is 12.8. The summed E-state index contributed by atoms with van der Waals surface area (Å²) in [7, 11) is 10.5. The number of phenols is 1. The number of rotatable bonds is 15. The monoisotopic (exact) mass is 2240 g/mol. The summed E-state index contributed by atoms with van der Waals surface area (Å²) in [5.74, 6) is -1.52. The molecule has 7 heterocycles. The van der Waals surface area contributed by atoms with Gasteiger partial charge in [0.1, 0.15) is 11.6 Å². The number of carboxylic acid groups (broad SMARTS) is 1. The second kappa shape index (κ2) is 52.0. The molecule has 3 unspecified atom stereocenters. The van der Waals surface area contributed by atoms with E-state index in [1.54, 1.807) is 86.6 Å². The van der Waals surface area contributed by atoms with Crippen molar-refractivity contribution in [3.63, 3.8) is 0 Å². The zero-order valence-electron chi connectivity index (χ0n) is 60.4. The zero-order chi connectivity index (χ0) is 77.7. The third kappa shape index (κ3) is 33.9. The van der Waals surface area contributed by atoms with E-state index in [1.165, 1.54) is 103 Å². The molecule has 4 radical (unpaired) electrons. The number of aliphatic imine (C=N–C) groups is 1. The first kappa shape index (κ1) is 98.8. The van der Waals surface area contributed by atoms with Gasteiger partial charge in [0.2, 0.25) is 0 Å². The molecule has 6 aromatic heterocycles. The van der Waals surface area contributed by atoms with E-state index < -0.39 is 36.6 Å². The Hall–Kier alpha value is -9.24. The van der Waals surface area contributed by atoms with E-state index in [1.807, 2.05) is 39.8 Å². The number of hydrogen-bond donors (Lipinski definition) is 4. The van der Waals surface area contributed by atoms with E-state index in [4.69, 9.17) is 39.4 Å². The van der Waals surface area contributed by atoms with Gasteiger partial charge < -0.3 is 64.2 Å². The van der Waals surface area contributed by atoms with Crippen LogP contribution in [0.2, 0.25) is 0 Å². The third-order valence-corrected chi connectivity index (χ3v) is 13.4. The predicted molar refractivity (Wildman–Crippen MR) is 375 cm³/mol. The molecule has 0 bridgehead atoms. The standard InChI is InChI=1S/4C12H10FN2O.C8H4F3N4.C8H9NO.C5H8NO2.C5H12O4.4Ir/c4*1-8-7-14-11(12(15-8)16-2)9-3-5-10(13)6-4-9;9-8(10,11)7-13-6(14-15-7)5-3-1-2-4-12-5;1-9-6-7-4-2-3-5-8(7)10;7-5(8)4-2-1-3-6-4;1-8-4(6)3-5(7)9-2;;;;/h4*3,5-7H,1-2H3;1-4H;2-6,10H,1H3;4H,1-3H2,(H,7,8);4-7H,3H2,1-2H3;;;;/q5*-1;;-1;;;;;. The molecule has 1 aliphatic rings. The second-order valence-corrected chi connectivity index (χ2v) is 21.3. The van der Waals surface area contributed by atoms with Crippen LogP contribution in [0.4, 0.5) is 30.7 Å². The summed E-state index contributed by atoms with van der Waals surface area (Å²) in [5.41, 5.74) is 8.97. The summed E-state index contributed by atoms with van der Waals surface area (Å²) in [6.45, 7) is 8.04. The number of nitrogens with zero attached hydrogens (tertiary/aromatic N) is 14. The number of para-hydroxylation sites is 1. The Morgan fingerprint density at radius 2 is 0.918 bits per heavy atom. The van der Waals surface area contributed by atoms with Gasteiger partial charge in [-0.3, -0.25) is 57.4 Å². The summed E-state index contributed by atoms with van der Waals surface area (Å²) in [5, 5.41) is 44.9. The number of methoxy groups -OCH3 is 6. The van der Waals surface area contributed by atoms with Crippen LogP contribution in [0, 0.1) is 75.2 Å². The van der Waals surface area contributed by atoms with Gasteiger partial charge in [-0.1, -0.05) is 31.0 Å². The minimum Gasteiger partial charge on any atom is -0.650 e. The van der Waals surface area contributed by atoms with Gasteiger partial charge in [0.25, 0.3) is 5.97 Å². The Balaban J connectivity index is 0.000000632. The molecular weight excluding hydrogens is 2160 g/mol. The number of aromatic nitrogens is 12. The number of aliphatic hydroxyl groups excluding tert-OH is 2. The number of ether oxygens (including phenoxy) is 6. The Morgan fingerprint density at radius 1 is 0.555 bits per heavy atom. The van der Waals surface area contributed by atoms with Gasteiger partial charge in [0.15, 0.2) is 36.1 Å². The summed E-state index contributed by atoms with van der Waals surface area (Å²) < 4.78 is 117. The van der Waals surface area contributed by atoms with Crippen LogP contribution in [-0.4, -0.2) is 162 Å². The molecule has 12 rings (SSSR count). The largest absolute Gasteiger partial charge is 0.650 e. The van der Waals surface area contributed by atoms with Crippen molar-refractivity contribution in [3.8, 4) is 85.8 Å². The molecule has 4 N–H and O–H groups in total. The minimum absolute atomic E-state index is 0.